The lowest BCUT2D eigenvalue weighted by Gasteiger charge is -1.90. The third kappa shape index (κ3) is 1.84. The molecule has 0 radical (unpaired) electrons. The minimum absolute atomic E-state index is 0.872. The van der Waals surface area contributed by atoms with Crippen LogP contribution in [0, 0.1) is 0 Å². The van der Waals surface area contributed by atoms with Crippen LogP contribution in [0.4, 0.5) is 0 Å². The van der Waals surface area contributed by atoms with Crippen molar-refractivity contribution in [1.29, 1.82) is 0 Å². The molecule has 0 unspecified atom stereocenters. The highest BCUT2D eigenvalue weighted by Crippen LogP contribution is 2.09. The number of rotatable bonds is 1. The van der Waals surface area contributed by atoms with Gasteiger partial charge in [-0.1, -0.05) is 33.2 Å². The number of halogens is 1. The zero-order valence-electron chi connectivity index (χ0n) is 5.16. The molecule has 0 saturated carbocycles. The van der Waals surface area contributed by atoms with E-state index in [1.165, 1.54) is 6.21 Å². The third-order valence-electron chi connectivity index (χ3n) is 1.06. The van der Waals surface area contributed by atoms with E-state index in [1.807, 2.05) is 24.3 Å². The van der Waals surface area contributed by atoms with E-state index < -0.39 is 0 Å². The second-order valence-electron chi connectivity index (χ2n) is 1.80. The van der Waals surface area contributed by atoms with Crippen LogP contribution < -0.4 is 0 Å². The fraction of sp³-hybridized carbons (Fsp3) is 0. The van der Waals surface area contributed by atoms with E-state index in [1.54, 1.807) is 0 Å². The number of hydrogen-bond donors (Lipinski definition) is 1. The van der Waals surface area contributed by atoms with Crippen molar-refractivity contribution in [3.63, 3.8) is 0 Å². The summed E-state index contributed by atoms with van der Waals surface area (Å²) in [5, 5.41) is 11.1. The second-order valence-corrected chi connectivity index (χ2v) is 2.72. The van der Waals surface area contributed by atoms with Crippen LogP contribution in [0.2, 0.25) is 0 Å². The van der Waals surface area contributed by atoms with Gasteiger partial charge in [-0.25, -0.2) is 0 Å². The molecule has 2 nitrogen and oxygen atoms in total. The van der Waals surface area contributed by atoms with Gasteiger partial charge in [-0.2, -0.15) is 0 Å². The molecule has 0 bridgehead atoms. The van der Waals surface area contributed by atoms with Gasteiger partial charge in [0.2, 0.25) is 0 Å². The molecule has 0 aliphatic carbocycles. The van der Waals surface area contributed by atoms with Crippen LogP contribution in [0.5, 0.6) is 0 Å². The molecule has 0 aliphatic rings. The van der Waals surface area contributed by atoms with Gasteiger partial charge in [0, 0.05) is 4.47 Å². The monoisotopic (exact) mass is 199 g/mol. The van der Waals surface area contributed by atoms with Gasteiger partial charge < -0.3 is 5.21 Å². The van der Waals surface area contributed by atoms with Crippen LogP contribution in [0.3, 0.4) is 0 Å². The van der Waals surface area contributed by atoms with E-state index in [9.17, 15) is 0 Å². The Labute approximate surface area is 67.3 Å². The van der Waals surface area contributed by atoms with Crippen LogP contribution in [-0.2, 0) is 0 Å². The Morgan fingerprint density at radius 1 is 1.50 bits per heavy atom. The van der Waals surface area contributed by atoms with Gasteiger partial charge in [-0.3, -0.25) is 0 Å². The molecule has 0 saturated heterocycles. The van der Waals surface area contributed by atoms with E-state index in [0.29, 0.717) is 0 Å². The first-order chi connectivity index (χ1) is 4.83. The van der Waals surface area contributed by atoms with Crippen molar-refractivity contribution in [1.82, 2.24) is 0 Å². The maximum absolute atomic E-state index is 8.16. The van der Waals surface area contributed by atoms with Gasteiger partial charge in [0.05, 0.1) is 6.21 Å². The van der Waals surface area contributed by atoms with Crippen LogP contribution in [0.15, 0.2) is 33.9 Å². The lowest BCUT2D eigenvalue weighted by molar-refractivity contribution is 0.322. The van der Waals surface area contributed by atoms with Crippen LogP contribution in [-0.4, -0.2) is 11.4 Å². The Kier molecular flexibility index (Phi) is 2.45. The van der Waals surface area contributed by atoms with Gasteiger partial charge in [-0.15, -0.1) is 0 Å². The van der Waals surface area contributed by atoms with Gasteiger partial charge in [-0.05, 0) is 17.7 Å². The summed E-state index contributed by atoms with van der Waals surface area (Å²) in [5.41, 5.74) is 0.872. The van der Waals surface area contributed by atoms with Crippen molar-refractivity contribution < 1.29 is 5.21 Å². The highest BCUT2D eigenvalue weighted by atomic mass is 79.9. The SMILES string of the molecule is O/N=C/c1cccc(Br)c1. The van der Waals surface area contributed by atoms with Crippen molar-refractivity contribution in [3.05, 3.63) is 34.3 Å². The smallest absolute Gasteiger partial charge is 0.0734 e. The van der Waals surface area contributed by atoms with E-state index in [0.717, 1.165) is 10.0 Å². The summed E-state index contributed by atoms with van der Waals surface area (Å²) in [7, 11) is 0. The number of oxime groups is 1. The Hall–Kier alpha value is -0.830. The minimum atomic E-state index is 0.872. The predicted molar refractivity (Wildman–Crippen MR) is 43.5 cm³/mol. The van der Waals surface area contributed by atoms with Crippen molar-refractivity contribution in [3.8, 4) is 0 Å². The number of hydrogen-bond acceptors (Lipinski definition) is 2. The molecule has 1 N–H and O–H groups in total. The summed E-state index contributed by atoms with van der Waals surface area (Å²) in [6.07, 6.45) is 1.38. The molecule has 1 rings (SSSR count). The van der Waals surface area contributed by atoms with Crippen LogP contribution in [0.25, 0.3) is 0 Å². The average molecular weight is 200 g/mol. The lowest BCUT2D eigenvalue weighted by Crippen LogP contribution is -1.78. The van der Waals surface area contributed by atoms with Crippen molar-refractivity contribution >= 4 is 22.1 Å². The molecule has 0 amide bonds. The maximum atomic E-state index is 8.16. The first-order valence-corrected chi connectivity index (χ1v) is 3.55. The summed E-state index contributed by atoms with van der Waals surface area (Å²) in [6.45, 7) is 0. The zero-order chi connectivity index (χ0) is 7.40. The second kappa shape index (κ2) is 3.37. The van der Waals surface area contributed by atoms with Crippen molar-refractivity contribution in [2.75, 3.05) is 0 Å². The van der Waals surface area contributed by atoms with E-state index in [4.69, 9.17) is 5.21 Å². The van der Waals surface area contributed by atoms with Crippen LogP contribution >= 0.6 is 15.9 Å². The minimum Gasteiger partial charge on any atom is -0.411 e. The van der Waals surface area contributed by atoms with Gasteiger partial charge in [0.25, 0.3) is 0 Å². The van der Waals surface area contributed by atoms with E-state index in [-0.39, 0.29) is 0 Å². The molecule has 0 aliphatic heterocycles. The molecular weight excluding hydrogens is 194 g/mol. The molecule has 1 aromatic rings. The van der Waals surface area contributed by atoms with Crippen molar-refractivity contribution in [2.45, 2.75) is 0 Å². The average Bonchev–Trinajstić information content (AvgIpc) is 1.88. The highest BCUT2D eigenvalue weighted by Gasteiger charge is 1.87. The standard InChI is InChI=1S/C7H6BrNO/c8-7-3-1-2-6(4-7)5-9-10/h1-5,10H/b9-5+. The maximum Gasteiger partial charge on any atom is 0.0734 e. The van der Waals surface area contributed by atoms with Crippen molar-refractivity contribution in [2.24, 2.45) is 5.16 Å². The van der Waals surface area contributed by atoms with E-state index in [2.05, 4.69) is 21.1 Å². The molecule has 1 aromatic carbocycles. The first kappa shape index (κ1) is 7.28. The summed E-state index contributed by atoms with van der Waals surface area (Å²) in [5.74, 6) is 0. The lowest BCUT2D eigenvalue weighted by atomic mass is 10.2. The molecule has 0 spiro atoms. The van der Waals surface area contributed by atoms with Gasteiger partial charge >= 0.3 is 0 Å². The molecular formula is C7H6BrNO. The van der Waals surface area contributed by atoms with Crippen LogP contribution in [0.1, 0.15) is 5.56 Å². The molecule has 0 aromatic heterocycles. The molecule has 10 heavy (non-hydrogen) atoms. The molecule has 0 atom stereocenters. The highest BCUT2D eigenvalue weighted by molar-refractivity contribution is 9.10. The van der Waals surface area contributed by atoms with Gasteiger partial charge in [0.1, 0.15) is 0 Å². The largest absolute Gasteiger partial charge is 0.411 e. The Morgan fingerprint density at radius 2 is 2.30 bits per heavy atom. The summed E-state index contributed by atoms with van der Waals surface area (Å²) < 4.78 is 0.977. The Morgan fingerprint density at radius 3 is 2.90 bits per heavy atom. The summed E-state index contributed by atoms with van der Waals surface area (Å²) in [4.78, 5) is 0. The predicted octanol–water partition coefficient (Wildman–Crippen LogP) is 2.26. The fourth-order valence-electron chi connectivity index (χ4n) is 0.654. The third-order valence-corrected chi connectivity index (χ3v) is 1.55. The zero-order valence-corrected chi connectivity index (χ0v) is 6.75. The summed E-state index contributed by atoms with van der Waals surface area (Å²) in [6, 6.07) is 7.50. The topological polar surface area (TPSA) is 32.6 Å². The number of benzene rings is 1. The first-order valence-electron chi connectivity index (χ1n) is 2.76. The Balaban J connectivity index is 2.95. The molecule has 52 valence electrons. The number of nitrogens with zero attached hydrogens (tertiary/aromatic N) is 1. The quantitative estimate of drug-likeness (QED) is 0.421. The van der Waals surface area contributed by atoms with E-state index >= 15 is 0 Å². The normalized spacial score (nSPS) is 10.5. The van der Waals surface area contributed by atoms with Gasteiger partial charge in [0.15, 0.2) is 0 Å². The summed E-state index contributed by atoms with van der Waals surface area (Å²) >= 11 is 3.29. The molecule has 0 heterocycles. The molecule has 3 heteroatoms. The molecule has 0 fully saturated rings. The Bertz CT molecular complexity index is 247. The fourth-order valence-corrected chi connectivity index (χ4v) is 1.07.